The van der Waals surface area contributed by atoms with Crippen LogP contribution >= 0.6 is 11.0 Å². The Morgan fingerprint density at radius 1 is 1.11 bits per heavy atom. The molecule has 3 N–H and O–H groups in total. The second kappa shape index (κ2) is 6.72. The molecular formula is C19H23N3O4S. The first-order chi connectivity index (χ1) is 12.9. The van der Waals surface area contributed by atoms with E-state index in [0.717, 1.165) is 22.4 Å². The SMILES string of the molecule is CN1c2cc(-c3ccccc3)ccc2CN(C2CCN(C(=O)O)C2)S1(O)O. The molecule has 0 radical (unpaired) electrons. The normalized spacial score (nSPS) is 23.1. The highest BCUT2D eigenvalue weighted by atomic mass is 32.3. The summed E-state index contributed by atoms with van der Waals surface area (Å²) in [6, 6.07) is 15.8. The molecule has 8 heteroatoms. The summed E-state index contributed by atoms with van der Waals surface area (Å²) in [6.45, 7) is 1.08. The van der Waals surface area contributed by atoms with Crippen molar-refractivity contribution in [1.29, 1.82) is 0 Å². The number of hydrogen-bond acceptors (Lipinski definition) is 5. The second-order valence-electron chi connectivity index (χ2n) is 6.94. The summed E-state index contributed by atoms with van der Waals surface area (Å²) in [4.78, 5) is 12.5. The lowest BCUT2D eigenvalue weighted by Crippen LogP contribution is -2.47. The number of likely N-dealkylation sites (tertiary alicyclic amines) is 1. The summed E-state index contributed by atoms with van der Waals surface area (Å²) in [7, 11) is -1.52. The van der Waals surface area contributed by atoms with E-state index in [1.807, 2.05) is 48.5 Å². The molecule has 1 saturated heterocycles. The molecule has 1 fully saturated rings. The monoisotopic (exact) mass is 389 g/mol. The molecule has 1 atom stereocenters. The van der Waals surface area contributed by atoms with Crippen molar-refractivity contribution in [3.8, 4) is 11.1 Å². The van der Waals surface area contributed by atoms with Gasteiger partial charge >= 0.3 is 6.09 Å². The highest BCUT2D eigenvalue weighted by Crippen LogP contribution is 2.56. The molecule has 0 aromatic heterocycles. The van der Waals surface area contributed by atoms with E-state index in [0.29, 0.717) is 19.5 Å². The van der Waals surface area contributed by atoms with E-state index in [2.05, 4.69) is 0 Å². The van der Waals surface area contributed by atoms with E-state index in [9.17, 15) is 19.0 Å². The zero-order valence-corrected chi connectivity index (χ0v) is 15.8. The third kappa shape index (κ3) is 3.14. The maximum atomic E-state index is 11.2. The molecule has 0 saturated carbocycles. The first-order valence-electron chi connectivity index (χ1n) is 8.83. The zero-order valence-electron chi connectivity index (χ0n) is 15.0. The lowest BCUT2D eigenvalue weighted by Gasteiger charge is -2.54. The largest absolute Gasteiger partial charge is 0.465 e. The zero-order chi connectivity index (χ0) is 19.2. The van der Waals surface area contributed by atoms with Crippen LogP contribution in [0.4, 0.5) is 10.5 Å². The fraction of sp³-hybridized carbons (Fsp3) is 0.316. The number of carbonyl (C=O) groups is 1. The van der Waals surface area contributed by atoms with Gasteiger partial charge in [-0.2, -0.15) is 4.31 Å². The van der Waals surface area contributed by atoms with Crippen molar-refractivity contribution in [2.45, 2.75) is 19.0 Å². The van der Waals surface area contributed by atoms with Crippen LogP contribution in [0, 0.1) is 0 Å². The molecule has 27 heavy (non-hydrogen) atoms. The third-order valence-corrected chi connectivity index (χ3v) is 7.37. The fourth-order valence-corrected chi connectivity index (χ4v) is 5.46. The van der Waals surface area contributed by atoms with E-state index in [1.165, 1.54) is 9.21 Å². The fourth-order valence-electron chi connectivity index (χ4n) is 3.82. The van der Waals surface area contributed by atoms with Crippen LogP contribution in [0.5, 0.6) is 0 Å². The van der Waals surface area contributed by atoms with Crippen molar-refractivity contribution in [2.75, 3.05) is 24.4 Å². The molecule has 144 valence electrons. The lowest BCUT2D eigenvalue weighted by atomic mass is 10.0. The van der Waals surface area contributed by atoms with Crippen LogP contribution in [0.1, 0.15) is 12.0 Å². The van der Waals surface area contributed by atoms with Crippen LogP contribution in [-0.2, 0) is 6.54 Å². The van der Waals surface area contributed by atoms with Gasteiger partial charge in [-0.25, -0.2) is 4.79 Å². The van der Waals surface area contributed by atoms with Crippen molar-refractivity contribution in [3.05, 3.63) is 54.1 Å². The molecule has 0 spiro atoms. The van der Waals surface area contributed by atoms with Crippen molar-refractivity contribution < 1.29 is 19.0 Å². The van der Waals surface area contributed by atoms with Crippen molar-refractivity contribution in [2.24, 2.45) is 0 Å². The summed E-state index contributed by atoms with van der Waals surface area (Å²) >= 11 is 0. The first kappa shape index (κ1) is 18.1. The van der Waals surface area contributed by atoms with Crippen LogP contribution in [0.15, 0.2) is 48.5 Å². The van der Waals surface area contributed by atoms with E-state index >= 15 is 0 Å². The highest BCUT2D eigenvalue weighted by Gasteiger charge is 2.42. The molecular weight excluding hydrogens is 366 g/mol. The Kier molecular flexibility index (Phi) is 4.51. The van der Waals surface area contributed by atoms with Gasteiger partial charge in [0.2, 0.25) is 0 Å². The van der Waals surface area contributed by atoms with Crippen molar-refractivity contribution in [1.82, 2.24) is 9.21 Å². The highest BCUT2D eigenvalue weighted by molar-refractivity contribution is 8.23. The quantitative estimate of drug-likeness (QED) is 0.721. The maximum Gasteiger partial charge on any atom is 0.407 e. The van der Waals surface area contributed by atoms with Crippen molar-refractivity contribution in [3.63, 3.8) is 0 Å². The standard InChI is InChI=1S/C19H23N3O4S/c1-20-18-11-15(14-5-3-2-4-6-14)7-8-16(18)12-22(27(20,25)26)17-9-10-21(13-17)19(23)24/h2-8,11,17,25-26H,9-10,12-13H2,1H3,(H,23,24). The predicted octanol–water partition coefficient (Wildman–Crippen LogP) is 3.94. The lowest BCUT2D eigenvalue weighted by molar-refractivity contribution is 0.152. The Hall–Kier alpha value is -2.26. The van der Waals surface area contributed by atoms with Gasteiger partial charge in [0.15, 0.2) is 0 Å². The van der Waals surface area contributed by atoms with Gasteiger partial charge in [0.1, 0.15) is 0 Å². The molecule has 7 nitrogen and oxygen atoms in total. The molecule has 1 amide bonds. The second-order valence-corrected chi connectivity index (χ2v) is 8.94. The van der Waals surface area contributed by atoms with Crippen LogP contribution in [0.25, 0.3) is 11.1 Å². The summed E-state index contributed by atoms with van der Waals surface area (Å²) in [5.41, 5.74) is 3.88. The van der Waals surface area contributed by atoms with E-state index < -0.39 is 17.1 Å². The van der Waals surface area contributed by atoms with Gasteiger partial charge < -0.3 is 10.0 Å². The minimum Gasteiger partial charge on any atom is -0.465 e. The molecule has 2 aromatic rings. The Balaban J connectivity index is 1.65. The van der Waals surface area contributed by atoms with Crippen molar-refractivity contribution >= 4 is 22.7 Å². The number of anilines is 1. The molecule has 2 aliphatic rings. The average Bonchev–Trinajstić information content (AvgIpc) is 3.15. The number of amides is 1. The topological polar surface area (TPSA) is 87.5 Å². The predicted molar refractivity (Wildman–Crippen MR) is 107 cm³/mol. The summed E-state index contributed by atoms with van der Waals surface area (Å²) < 4.78 is 25.0. The molecule has 1 unspecified atom stereocenters. The van der Waals surface area contributed by atoms with Crippen LogP contribution in [-0.4, -0.2) is 55.7 Å². The Labute approximate surface area is 160 Å². The summed E-state index contributed by atoms with van der Waals surface area (Å²) in [6.07, 6.45) is -0.375. The first-order valence-corrected chi connectivity index (χ1v) is 10.3. The average molecular weight is 389 g/mol. The smallest absolute Gasteiger partial charge is 0.407 e. The number of nitrogens with zero attached hydrogens (tertiary/aromatic N) is 3. The van der Waals surface area contributed by atoms with Gasteiger partial charge in [-0.15, -0.1) is 0 Å². The number of fused-ring (bicyclic) bond motifs is 1. The van der Waals surface area contributed by atoms with E-state index in [1.54, 1.807) is 11.4 Å². The molecule has 2 aliphatic heterocycles. The number of hydrogen-bond donors (Lipinski definition) is 3. The molecule has 2 heterocycles. The maximum absolute atomic E-state index is 11.2. The van der Waals surface area contributed by atoms with Gasteiger partial charge in [-0.3, -0.25) is 13.4 Å². The van der Waals surface area contributed by atoms with Crippen LogP contribution in [0.2, 0.25) is 0 Å². The number of rotatable bonds is 2. The Morgan fingerprint density at radius 3 is 2.52 bits per heavy atom. The Morgan fingerprint density at radius 2 is 1.85 bits per heavy atom. The summed E-state index contributed by atoms with van der Waals surface area (Å²) in [5, 5.41) is 9.19. The van der Waals surface area contributed by atoms with E-state index in [4.69, 9.17) is 0 Å². The Bertz CT molecular complexity index is 861. The molecule has 4 rings (SSSR count). The van der Waals surface area contributed by atoms with Gasteiger partial charge in [0.05, 0.1) is 11.7 Å². The minimum atomic E-state index is -3.20. The van der Waals surface area contributed by atoms with Gasteiger partial charge in [0.25, 0.3) is 0 Å². The number of carboxylic acid groups (broad SMARTS) is 1. The van der Waals surface area contributed by atoms with Gasteiger partial charge in [0, 0.05) is 26.7 Å². The molecule has 0 bridgehead atoms. The molecule has 0 aliphatic carbocycles. The van der Waals surface area contributed by atoms with Gasteiger partial charge in [-0.05, 0) is 29.2 Å². The minimum absolute atomic E-state index is 0.213. The van der Waals surface area contributed by atoms with Crippen LogP contribution < -0.4 is 4.31 Å². The van der Waals surface area contributed by atoms with Gasteiger partial charge in [-0.1, -0.05) is 53.4 Å². The summed E-state index contributed by atoms with van der Waals surface area (Å²) in [5.74, 6) is 0. The number of benzene rings is 2. The van der Waals surface area contributed by atoms with E-state index in [-0.39, 0.29) is 12.6 Å². The third-order valence-electron chi connectivity index (χ3n) is 5.38. The van der Waals surface area contributed by atoms with Crippen LogP contribution in [0.3, 0.4) is 0 Å². The molecule has 2 aromatic carbocycles.